The van der Waals surface area contributed by atoms with Gasteiger partial charge in [0.25, 0.3) is 0 Å². The van der Waals surface area contributed by atoms with Gasteiger partial charge in [0, 0.05) is 11.7 Å². The van der Waals surface area contributed by atoms with E-state index in [1.54, 1.807) is 11.0 Å². The number of halogens is 1. The molecule has 8 heteroatoms. The fraction of sp³-hybridized carbons (Fsp3) is 0.333. The van der Waals surface area contributed by atoms with E-state index in [1.807, 2.05) is 6.92 Å². The van der Waals surface area contributed by atoms with Crippen molar-refractivity contribution >= 4 is 17.3 Å². The van der Waals surface area contributed by atoms with E-state index in [0.29, 0.717) is 12.1 Å². The normalized spacial score (nSPS) is 17.0. The predicted octanol–water partition coefficient (Wildman–Crippen LogP) is 2.30. The maximum atomic E-state index is 13.4. The van der Waals surface area contributed by atoms with Gasteiger partial charge in [-0.25, -0.2) is 4.39 Å². The van der Waals surface area contributed by atoms with Gasteiger partial charge in [-0.3, -0.25) is 19.6 Å². The molecule has 0 N–H and O–H groups in total. The average Bonchev–Trinajstić information content (AvgIpc) is 2.96. The van der Waals surface area contributed by atoms with Crippen LogP contribution in [0.4, 0.5) is 15.8 Å². The highest BCUT2D eigenvalue weighted by Gasteiger charge is 2.28. The molecule has 1 aromatic carbocycles. The minimum absolute atomic E-state index is 0.0222. The first-order valence-corrected chi connectivity index (χ1v) is 7.23. The lowest BCUT2D eigenvalue weighted by atomic mass is 9.96. The number of anilines is 1. The van der Waals surface area contributed by atoms with E-state index in [-0.39, 0.29) is 30.0 Å². The van der Waals surface area contributed by atoms with Crippen molar-refractivity contribution in [1.82, 2.24) is 9.78 Å². The van der Waals surface area contributed by atoms with Crippen molar-refractivity contribution in [1.29, 1.82) is 0 Å². The second-order valence-corrected chi connectivity index (χ2v) is 5.58. The van der Waals surface area contributed by atoms with Gasteiger partial charge in [0.05, 0.1) is 4.92 Å². The number of benzene rings is 1. The van der Waals surface area contributed by atoms with Crippen LogP contribution in [0.3, 0.4) is 0 Å². The first-order valence-electron chi connectivity index (χ1n) is 7.23. The zero-order chi connectivity index (χ0) is 16.6. The molecule has 7 nitrogen and oxygen atoms in total. The van der Waals surface area contributed by atoms with Gasteiger partial charge in [-0.2, -0.15) is 5.10 Å². The van der Waals surface area contributed by atoms with Crippen LogP contribution in [0.1, 0.15) is 18.9 Å². The van der Waals surface area contributed by atoms with E-state index in [1.165, 1.54) is 23.0 Å². The van der Waals surface area contributed by atoms with Crippen molar-refractivity contribution < 1.29 is 14.1 Å². The Balaban J connectivity index is 1.85. The van der Waals surface area contributed by atoms with E-state index >= 15 is 0 Å². The number of rotatable bonds is 3. The first kappa shape index (κ1) is 15.1. The van der Waals surface area contributed by atoms with E-state index in [2.05, 4.69) is 5.10 Å². The number of carbonyl (C=O) groups is 1. The maximum absolute atomic E-state index is 13.4. The molecule has 1 aromatic heterocycles. The van der Waals surface area contributed by atoms with Gasteiger partial charge in [0.15, 0.2) is 0 Å². The van der Waals surface area contributed by atoms with Gasteiger partial charge in [0.1, 0.15) is 24.8 Å². The van der Waals surface area contributed by atoms with E-state index < -0.39 is 4.92 Å². The molecule has 120 valence electrons. The van der Waals surface area contributed by atoms with Crippen molar-refractivity contribution in [3.63, 3.8) is 0 Å². The Morgan fingerprint density at radius 1 is 1.52 bits per heavy atom. The Labute approximate surface area is 131 Å². The second-order valence-electron chi connectivity index (χ2n) is 5.58. The van der Waals surface area contributed by atoms with Crippen LogP contribution < -0.4 is 4.90 Å². The van der Waals surface area contributed by atoms with Crippen LogP contribution in [0, 0.1) is 15.9 Å². The Kier molecular flexibility index (Phi) is 3.81. The van der Waals surface area contributed by atoms with Crippen LogP contribution >= 0.6 is 0 Å². The van der Waals surface area contributed by atoms with Crippen LogP contribution in [-0.4, -0.2) is 26.7 Å². The molecule has 0 saturated heterocycles. The smallest absolute Gasteiger partial charge is 0.307 e. The summed E-state index contributed by atoms with van der Waals surface area (Å²) < 4.78 is 14.6. The zero-order valence-corrected chi connectivity index (χ0v) is 12.5. The number of carbonyl (C=O) groups excluding carboxylic acids is 1. The summed E-state index contributed by atoms with van der Waals surface area (Å²) in [6.45, 7) is 1.82. The molecule has 0 aliphatic carbocycles. The largest absolute Gasteiger partial charge is 0.308 e. The summed E-state index contributed by atoms with van der Waals surface area (Å²) >= 11 is 0. The predicted molar refractivity (Wildman–Crippen MR) is 80.6 cm³/mol. The van der Waals surface area contributed by atoms with Gasteiger partial charge in [0.2, 0.25) is 5.91 Å². The van der Waals surface area contributed by atoms with Crippen molar-refractivity contribution in [2.24, 2.45) is 0 Å². The van der Waals surface area contributed by atoms with Crippen LogP contribution in [0.25, 0.3) is 0 Å². The van der Waals surface area contributed by atoms with Crippen LogP contribution in [0.15, 0.2) is 30.6 Å². The van der Waals surface area contributed by atoms with E-state index in [4.69, 9.17) is 0 Å². The molecule has 1 amide bonds. The first-order chi connectivity index (χ1) is 11.0. The molecular formula is C15H15FN4O3. The Morgan fingerprint density at radius 2 is 2.30 bits per heavy atom. The molecule has 0 unspecified atom stereocenters. The maximum Gasteiger partial charge on any atom is 0.307 e. The standard InChI is InChI=1S/C15H15FN4O3/c1-10-2-3-11-6-12(16)4-5-14(11)19(10)15(21)9-18-8-13(7-17-18)20(22)23/h4-8,10H,2-3,9H2,1H3/t10-/m0/s1. The molecule has 0 fully saturated rings. The van der Waals surface area contributed by atoms with E-state index in [9.17, 15) is 19.3 Å². The van der Waals surface area contributed by atoms with Crippen molar-refractivity contribution in [3.8, 4) is 0 Å². The number of hydrogen-bond acceptors (Lipinski definition) is 4. The summed E-state index contributed by atoms with van der Waals surface area (Å²) in [5.74, 6) is -0.559. The third kappa shape index (κ3) is 2.92. The van der Waals surface area contributed by atoms with Gasteiger partial charge < -0.3 is 4.90 Å². The molecule has 3 rings (SSSR count). The molecule has 0 radical (unpaired) electrons. The summed E-state index contributed by atoms with van der Waals surface area (Å²) in [6.07, 6.45) is 3.78. The van der Waals surface area contributed by atoms with Crippen molar-refractivity contribution in [3.05, 3.63) is 52.1 Å². The quantitative estimate of drug-likeness (QED) is 0.642. The lowest BCUT2D eigenvalue weighted by Gasteiger charge is -2.35. The fourth-order valence-electron chi connectivity index (χ4n) is 2.85. The van der Waals surface area contributed by atoms with Gasteiger partial charge in [-0.05, 0) is 43.5 Å². The highest BCUT2D eigenvalue weighted by molar-refractivity contribution is 5.95. The highest BCUT2D eigenvalue weighted by Crippen LogP contribution is 2.31. The topological polar surface area (TPSA) is 81.3 Å². The molecule has 0 bridgehead atoms. The lowest BCUT2D eigenvalue weighted by molar-refractivity contribution is -0.385. The summed E-state index contributed by atoms with van der Waals surface area (Å²) in [7, 11) is 0. The molecule has 23 heavy (non-hydrogen) atoms. The fourth-order valence-corrected chi connectivity index (χ4v) is 2.85. The summed E-state index contributed by atoms with van der Waals surface area (Å²) in [6, 6.07) is 4.35. The molecule has 2 heterocycles. The highest BCUT2D eigenvalue weighted by atomic mass is 19.1. The minimum atomic E-state index is -0.560. The minimum Gasteiger partial charge on any atom is -0.308 e. The third-order valence-corrected chi connectivity index (χ3v) is 3.97. The molecule has 1 atom stereocenters. The summed E-state index contributed by atoms with van der Waals surface area (Å²) in [4.78, 5) is 24.3. The van der Waals surface area contributed by atoms with Crippen LogP contribution in [0.5, 0.6) is 0 Å². The molecule has 0 spiro atoms. The van der Waals surface area contributed by atoms with Crippen LogP contribution in [-0.2, 0) is 17.8 Å². The zero-order valence-electron chi connectivity index (χ0n) is 12.5. The van der Waals surface area contributed by atoms with Crippen molar-refractivity contribution in [2.45, 2.75) is 32.4 Å². The number of nitrogens with zero attached hydrogens (tertiary/aromatic N) is 4. The molecule has 1 aliphatic rings. The third-order valence-electron chi connectivity index (χ3n) is 3.97. The molecule has 1 aliphatic heterocycles. The number of aryl methyl sites for hydroxylation is 1. The molecule has 2 aromatic rings. The Bertz CT molecular complexity index is 774. The SMILES string of the molecule is C[C@H]1CCc2cc(F)ccc2N1C(=O)Cn1cc([N+](=O)[O-])cn1. The Hall–Kier alpha value is -2.77. The monoisotopic (exact) mass is 318 g/mol. The number of amides is 1. The van der Waals surface area contributed by atoms with Crippen molar-refractivity contribution in [2.75, 3.05) is 4.90 Å². The number of aromatic nitrogens is 2. The Morgan fingerprint density at radius 3 is 3.00 bits per heavy atom. The lowest BCUT2D eigenvalue weighted by Crippen LogP contribution is -2.43. The van der Waals surface area contributed by atoms with E-state index in [0.717, 1.165) is 18.2 Å². The number of nitro groups is 1. The molecule has 0 saturated carbocycles. The van der Waals surface area contributed by atoms with Crippen LogP contribution in [0.2, 0.25) is 0 Å². The van der Waals surface area contributed by atoms with Gasteiger partial charge >= 0.3 is 5.69 Å². The number of hydrogen-bond donors (Lipinski definition) is 0. The molecular weight excluding hydrogens is 303 g/mol. The average molecular weight is 318 g/mol. The summed E-state index contributed by atoms with van der Waals surface area (Å²) in [5, 5.41) is 14.5. The second kappa shape index (κ2) is 5.79. The number of fused-ring (bicyclic) bond motifs is 1. The van der Waals surface area contributed by atoms with Gasteiger partial charge in [-0.15, -0.1) is 0 Å². The summed E-state index contributed by atoms with van der Waals surface area (Å²) in [5.41, 5.74) is 1.33. The van der Waals surface area contributed by atoms with Gasteiger partial charge in [-0.1, -0.05) is 0 Å².